The Morgan fingerprint density at radius 2 is 1.54 bits per heavy atom. The standard InChI is InChI=1S/C21H26N2O3/c1-5-26-18-12-6-15(7-13-18)14-22-19(24)20(25)23-17-10-8-16(9-11-17)21(2,3)4/h6-13H,5,14H2,1-4H3,(H,22,24)(H,23,25). The van der Waals surface area contributed by atoms with Gasteiger partial charge in [0.15, 0.2) is 0 Å². The molecule has 0 spiro atoms. The average Bonchev–Trinajstić information content (AvgIpc) is 2.60. The Balaban J connectivity index is 1.86. The van der Waals surface area contributed by atoms with Crippen LogP contribution in [0.4, 0.5) is 5.69 Å². The van der Waals surface area contributed by atoms with E-state index in [0.717, 1.165) is 16.9 Å². The first-order valence-corrected chi connectivity index (χ1v) is 8.71. The number of carbonyl (C=O) groups is 2. The summed E-state index contributed by atoms with van der Waals surface area (Å²) < 4.78 is 5.37. The Hall–Kier alpha value is -2.82. The summed E-state index contributed by atoms with van der Waals surface area (Å²) in [5, 5.41) is 5.23. The van der Waals surface area contributed by atoms with Crippen LogP contribution in [0.3, 0.4) is 0 Å². The zero-order valence-electron chi connectivity index (χ0n) is 15.8. The lowest BCUT2D eigenvalue weighted by Gasteiger charge is -2.19. The normalized spacial score (nSPS) is 10.9. The summed E-state index contributed by atoms with van der Waals surface area (Å²) in [6.07, 6.45) is 0. The van der Waals surface area contributed by atoms with Crippen molar-refractivity contribution in [1.29, 1.82) is 0 Å². The van der Waals surface area contributed by atoms with E-state index in [1.807, 2.05) is 43.3 Å². The second-order valence-corrected chi connectivity index (χ2v) is 7.04. The second-order valence-electron chi connectivity index (χ2n) is 7.04. The van der Waals surface area contributed by atoms with E-state index in [2.05, 4.69) is 31.4 Å². The van der Waals surface area contributed by atoms with Crippen LogP contribution in [0.5, 0.6) is 5.75 Å². The third-order valence-corrected chi connectivity index (χ3v) is 3.90. The van der Waals surface area contributed by atoms with Crippen molar-refractivity contribution in [2.75, 3.05) is 11.9 Å². The van der Waals surface area contributed by atoms with Crippen LogP contribution in [0.25, 0.3) is 0 Å². The third-order valence-electron chi connectivity index (χ3n) is 3.90. The van der Waals surface area contributed by atoms with Gasteiger partial charge in [0.05, 0.1) is 6.61 Å². The number of benzene rings is 2. The molecule has 5 nitrogen and oxygen atoms in total. The summed E-state index contributed by atoms with van der Waals surface area (Å²) in [4.78, 5) is 24.0. The van der Waals surface area contributed by atoms with E-state index in [-0.39, 0.29) is 12.0 Å². The Bertz CT molecular complexity index is 744. The fraction of sp³-hybridized carbons (Fsp3) is 0.333. The number of amides is 2. The molecule has 0 aromatic heterocycles. The monoisotopic (exact) mass is 354 g/mol. The van der Waals surface area contributed by atoms with Gasteiger partial charge in [-0.2, -0.15) is 0 Å². The molecule has 26 heavy (non-hydrogen) atoms. The van der Waals surface area contributed by atoms with Gasteiger partial charge in [-0.25, -0.2) is 0 Å². The highest BCUT2D eigenvalue weighted by Crippen LogP contribution is 2.23. The summed E-state index contributed by atoms with van der Waals surface area (Å²) in [6.45, 7) is 9.16. The topological polar surface area (TPSA) is 67.4 Å². The summed E-state index contributed by atoms with van der Waals surface area (Å²) in [5.74, 6) is -0.572. The number of hydrogen-bond acceptors (Lipinski definition) is 3. The third kappa shape index (κ3) is 5.62. The van der Waals surface area contributed by atoms with Gasteiger partial charge in [0, 0.05) is 12.2 Å². The van der Waals surface area contributed by atoms with Crippen LogP contribution in [-0.4, -0.2) is 18.4 Å². The zero-order chi connectivity index (χ0) is 19.2. The molecule has 0 heterocycles. The molecule has 138 valence electrons. The van der Waals surface area contributed by atoms with Crippen molar-refractivity contribution in [3.05, 3.63) is 59.7 Å². The number of ether oxygens (including phenoxy) is 1. The highest BCUT2D eigenvalue weighted by atomic mass is 16.5. The number of hydrogen-bond donors (Lipinski definition) is 2. The quantitative estimate of drug-likeness (QED) is 0.806. The van der Waals surface area contributed by atoms with Gasteiger partial charge in [-0.1, -0.05) is 45.0 Å². The van der Waals surface area contributed by atoms with E-state index in [4.69, 9.17) is 4.74 Å². The van der Waals surface area contributed by atoms with Gasteiger partial charge in [-0.15, -0.1) is 0 Å². The van der Waals surface area contributed by atoms with Crippen molar-refractivity contribution in [2.45, 2.75) is 39.7 Å². The molecule has 0 saturated heterocycles. The van der Waals surface area contributed by atoms with Gasteiger partial charge < -0.3 is 15.4 Å². The van der Waals surface area contributed by atoms with Crippen LogP contribution in [0.2, 0.25) is 0 Å². The van der Waals surface area contributed by atoms with E-state index in [0.29, 0.717) is 12.3 Å². The van der Waals surface area contributed by atoms with Gasteiger partial charge in [0.25, 0.3) is 0 Å². The molecule has 0 aliphatic rings. The van der Waals surface area contributed by atoms with E-state index >= 15 is 0 Å². The summed E-state index contributed by atoms with van der Waals surface area (Å²) in [5.41, 5.74) is 2.69. The SMILES string of the molecule is CCOc1ccc(CNC(=O)C(=O)Nc2ccc(C(C)(C)C)cc2)cc1. The number of rotatable bonds is 5. The molecule has 0 atom stereocenters. The van der Waals surface area contributed by atoms with Crippen LogP contribution in [0.15, 0.2) is 48.5 Å². The first kappa shape index (κ1) is 19.5. The van der Waals surface area contributed by atoms with Gasteiger partial charge in [0.1, 0.15) is 5.75 Å². The summed E-state index contributed by atoms with van der Waals surface area (Å²) >= 11 is 0. The maximum Gasteiger partial charge on any atom is 0.313 e. The maximum absolute atomic E-state index is 12.0. The fourth-order valence-electron chi connectivity index (χ4n) is 2.37. The van der Waals surface area contributed by atoms with Crippen molar-refractivity contribution in [2.24, 2.45) is 0 Å². The number of anilines is 1. The first-order valence-electron chi connectivity index (χ1n) is 8.71. The van der Waals surface area contributed by atoms with Crippen molar-refractivity contribution < 1.29 is 14.3 Å². The fourth-order valence-corrected chi connectivity index (χ4v) is 2.37. The number of nitrogens with one attached hydrogen (secondary N) is 2. The molecule has 2 rings (SSSR count). The average molecular weight is 354 g/mol. The van der Waals surface area contributed by atoms with E-state index in [1.54, 1.807) is 12.1 Å². The smallest absolute Gasteiger partial charge is 0.313 e. The van der Waals surface area contributed by atoms with Gasteiger partial charge >= 0.3 is 11.8 Å². The molecule has 2 amide bonds. The van der Waals surface area contributed by atoms with Crippen LogP contribution in [0.1, 0.15) is 38.8 Å². The van der Waals surface area contributed by atoms with Crippen molar-refractivity contribution >= 4 is 17.5 Å². The molecule has 0 radical (unpaired) electrons. The molecule has 5 heteroatoms. The van der Waals surface area contributed by atoms with Crippen LogP contribution in [0, 0.1) is 0 Å². The lowest BCUT2D eigenvalue weighted by Crippen LogP contribution is -2.34. The molecule has 2 aromatic rings. The highest BCUT2D eigenvalue weighted by molar-refractivity contribution is 6.39. The Labute approximate surface area is 154 Å². The van der Waals surface area contributed by atoms with Crippen LogP contribution < -0.4 is 15.4 Å². The lowest BCUT2D eigenvalue weighted by atomic mass is 9.87. The first-order chi connectivity index (χ1) is 12.3. The molecule has 2 N–H and O–H groups in total. The molecule has 0 fully saturated rings. The lowest BCUT2D eigenvalue weighted by molar-refractivity contribution is -0.136. The Kier molecular flexibility index (Phi) is 6.39. The van der Waals surface area contributed by atoms with E-state index in [1.165, 1.54) is 0 Å². The van der Waals surface area contributed by atoms with Gasteiger partial charge in [-0.3, -0.25) is 9.59 Å². The molecule has 0 aliphatic heterocycles. The highest BCUT2D eigenvalue weighted by Gasteiger charge is 2.15. The summed E-state index contributed by atoms with van der Waals surface area (Å²) in [7, 11) is 0. The second kappa shape index (κ2) is 8.52. The molecular formula is C21H26N2O3. The molecule has 2 aromatic carbocycles. The number of carbonyl (C=O) groups excluding carboxylic acids is 2. The van der Waals surface area contributed by atoms with Crippen molar-refractivity contribution in [3.8, 4) is 5.75 Å². The largest absolute Gasteiger partial charge is 0.494 e. The molecule has 0 bridgehead atoms. The molecular weight excluding hydrogens is 328 g/mol. The summed E-state index contributed by atoms with van der Waals surface area (Å²) in [6, 6.07) is 14.9. The molecule has 0 saturated carbocycles. The predicted octanol–water partition coefficient (Wildman–Crippen LogP) is 3.64. The van der Waals surface area contributed by atoms with Crippen LogP contribution in [-0.2, 0) is 21.5 Å². The minimum absolute atomic E-state index is 0.0393. The van der Waals surface area contributed by atoms with Gasteiger partial charge in [0.2, 0.25) is 0 Å². The van der Waals surface area contributed by atoms with Crippen LogP contribution >= 0.6 is 0 Å². The van der Waals surface area contributed by atoms with E-state index < -0.39 is 11.8 Å². The minimum atomic E-state index is -0.681. The minimum Gasteiger partial charge on any atom is -0.494 e. The predicted molar refractivity (Wildman–Crippen MR) is 103 cm³/mol. The van der Waals surface area contributed by atoms with E-state index in [9.17, 15) is 9.59 Å². The Morgan fingerprint density at radius 1 is 0.923 bits per heavy atom. The van der Waals surface area contributed by atoms with Crippen molar-refractivity contribution in [1.82, 2.24) is 5.32 Å². The maximum atomic E-state index is 12.0. The molecule has 0 unspecified atom stereocenters. The molecule has 0 aliphatic carbocycles. The Morgan fingerprint density at radius 3 is 2.08 bits per heavy atom. The van der Waals surface area contributed by atoms with Gasteiger partial charge in [-0.05, 0) is 47.7 Å². The van der Waals surface area contributed by atoms with Crippen molar-refractivity contribution in [3.63, 3.8) is 0 Å². The zero-order valence-corrected chi connectivity index (χ0v) is 15.8.